The maximum Gasteiger partial charge on any atom is 0.225 e. The van der Waals surface area contributed by atoms with Crippen molar-refractivity contribution < 1.29 is 4.79 Å². The molecule has 96 valence electrons. The van der Waals surface area contributed by atoms with Crippen LogP contribution in [0.1, 0.15) is 26.0 Å². The first kappa shape index (κ1) is 14.1. The first-order valence-electron chi connectivity index (χ1n) is 5.82. The lowest BCUT2D eigenvalue weighted by Crippen LogP contribution is -2.27. The van der Waals surface area contributed by atoms with Crippen LogP contribution in [0.2, 0.25) is 0 Å². The SMILES string of the molecule is CCN(C(C)=O)c1nc(CNCCCN)cs1. The molecule has 1 aromatic heterocycles. The number of carbonyl (C=O) groups is 1. The van der Waals surface area contributed by atoms with Gasteiger partial charge < -0.3 is 11.1 Å². The van der Waals surface area contributed by atoms with E-state index in [1.165, 1.54) is 11.3 Å². The smallest absolute Gasteiger partial charge is 0.225 e. The van der Waals surface area contributed by atoms with Crippen LogP contribution >= 0.6 is 11.3 Å². The second-order valence-electron chi connectivity index (χ2n) is 3.70. The first-order chi connectivity index (χ1) is 8.19. The fourth-order valence-corrected chi connectivity index (χ4v) is 2.37. The average Bonchev–Trinajstić information content (AvgIpc) is 2.74. The van der Waals surface area contributed by atoms with Crippen LogP contribution in [0.15, 0.2) is 5.38 Å². The van der Waals surface area contributed by atoms with E-state index in [0.29, 0.717) is 13.1 Å². The number of amides is 1. The van der Waals surface area contributed by atoms with Crippen molar-refractivity contribution in [3.05, 3.63) is 11.1 Å². The van der Waals surface area contributed by atoms with E-state index < -0.39 is 0 Å². The molecule has 0 aliphatic carbocycles. The van der Waals surface area contributed by atoms with Crippen LogP contribution in [-0.2, 0) is 11.3 Å². The molecule has 1 rings (SSSR count). The Morgan fingerprint density at radius 2 is 2.41 bits per heavy atom. The molecule has 0 aliphatic rings. The first-order valence-corrected chi connectivity index (χ1v) is 6.70. The van der Waals surface area contributed by atoms with Crippen LogP contribution in [0.4, 0.5) is 5.13 Å². The van der Waals surface area contributed by atoms with Gasteiger partial charge in [-0.05, 0) is 26.4 Å². The standard InChI is InChI=1S/C11H20N4OS/c1-3-15(9(2)16)11-14-10(8-17-11)7-13-6-4-5-12/h8,13H,3-7,12H2,1-2H3. The van der Waals surface area contributed by atoms with Gasteiger partial charge in [-0.1, -0.05) is 0 Å². The second-order valence-corrected chi connectivity index (χ2v) is 4.54. The molecule has 0 aliphatic heterocycles. The molecule has 17 heavy (non-hydrogen) atoms. The number of aromatic nitrogens is 1. The lowest BCUT2D eigenvalue weighted by molar-refractivity contribution is -0.116. The van der Waals surface area contributed by atoms with Crippen molar-refractivity contribution in [1.82, 2.24) is 10.3 Å². The molecule has 0 spiro atoms. The largest absolute Gasteiger partial charge is 0.330 e. The molecule has 0 aromatic carbocycles. The van der Waals surface area contributed by atoms with Crippen LogP contribution in [0.3, 0.4) is 0 Å². The van der Waals surface area contributed by atoms with E-state index in [0.717, 1.165) is 30.3 Å². The van der Waals surface area contributed by atoms with Gasteiger partial charge in [0.05, 0.1) is 5.69 Å². The summed E-state index contributed by atoms with van der Waals surface area (Å²) >= 11 is 1.50. The number of thiazole rings is 1. The third-order valence-electron chi connectivity index (χ3n) is 2.33. The third-order valence-corrected chi connectivity index (χ3v) is 3.24. The van der Waals surface area contributed by atoms with E-state index in [1.54, 1.807) is 11.8 Å². The van der Waals surface area contributed by atoms with Crippen LogP contribution in [-0.4, -0.2) is 30.5 Å². The number of carbonyl (C=O) groups excluding carboxylic acids is 1. The summed E-state index contributed by atoms with van der Waals surface area (Å²) in [6.07, 6.45) is 0.964. The van der Waals surface area contributed by atoms with Crippen LogP contribution < -0.4 is 16.0 Å². The van der Waals surface area contributed by atoms with E-state index in [2.05, 4.69) is 10.3 Å². The van der Waals surface area contributed by atoms with Crippen molar-refractivity contribution in [2.45, 2.75) is 26.8 Å². The number of nitrogens with one attached hydrogen (secondary N) is 1. The van der Waals surface area contributed by atoms with Crippen molar-refractivity contribution >= 4 is 22.4 Å². The van der Waals surface area contributed by atoms with E-state index in [9.17, 15) is 4.79 Å². The molecule has 0 radical (unpaired) electrons. The zero-order valence-corrected chi connectivity index (χ0v) is 11.2. The number of nitrogens with two attached hydrogens (primary N) is 1. The molecule has 1 aromatic rings. The molecule has 0 bridgehead atoms. The lowest BCUT2D eigenvalue weighted by atomic mass is 10.4. The number of nitrogens with zero attached hydrogens (tertiary/aromatic N) is 2. The van der Waals surface area contributed by atoms with Crippen molar-refractivity contribution in [3.8, 4) is 0 Å². The van der Waals surface area contributed by atoms with E-state index >= 15 is 0 Å². The summed E-state index contributed by atoms with van der Waals surface area (Å²) in [6.45, 7) is 6.48. The maximum atomic E-state index is 11.3. The molecule has 0 unspecified atom stereocenters. The Kier molecular flexibility index (Phi) is 6.10. The van der Waals surface area contributed by atoms with Gasteiger partial charge in [-0.3, -0.25) is 9.69 Å². The molecular formula is C11H20N4OS. The molecule has 0 saturated heterocycles. The second kappa shape index (κ2) is 7.37. The maximum absolute atomic E-state index is 11.3. The number of hydrogen-bond acceptors (Lipinski definition) is 5. The molecule has 1 heterocycles. The zero-order valence-electron chi connectivity index (χ0n) is 10.4. The van der Waals surface area contributed by atoms with Gasteiger partial charge in [-0.25, -0.2) is 4.98 Å². The summed E-state index contributed by atoms with van der Waals surface area (Å²) in [5.41, 5.74) is 6.38. The highest BCUT2D eigenvalue weighted by Crippen LogP contribution is 2.20. The summed E-state index contributed by atoms with van der Waals surface area (Å²) in [6, 6.07) is 0. The summed E-state index contributed by atoms with van der Waals surface area (Å²) in [5.74, 6) is 0.0319. The van der Waals surface area contributed by atoms with E-state index in [4.69, 9.17) is 5.73 Å². The van der Waals surface area contributed by atoms with Crippen molar-refractivity contribution in [2.24, 2.45) is 5.73 Å². The molecule has 6 heteroatoms. The minimum Gasteiger partial charge on any atom is -0.330 e. The van der Waals surface area contributed by atoms with Gasteiger partial charge in [0.15, 0.2) is 5.13 Å². The predicted octanol–water partition coefficient (Wildman–Crippen LogP) is 0.954. The normalized spacial score (nSPS) is 10.5. The minimum atomic E-state index is 0.0319. The van der Waals surface area contributed by atoms with Crippen molar-refractivity contribution in [3.63, 3.8) is 0 Å². The van der Waals surface area contributed by atoms with Gasteiger partial charge in [0, 0.05) is 25.4 Å². The van der Waals surface area contributed by atoms with Crippen LogP contribution in [0.5, 0.6) is 0 Å². The van der Waals surface area contributed by atoms with E-state index in [1.807, 2.05) is 12.3 Å². The third kappa shape index (κ3) is 4.41. The van der Waals surface area contributed by atoms with E-state index in [-0.39, 0.29) is 5.91 Å². The summed E-state index contributed by atoms with van der Waals surface area (Å²) < 4.78 is 0. The fourth-order valence-electron chi connectivity index (χ4n) is 1.44. The Balaban J connectivity index is 2.49. The molecule has 3 N–H and O–H groups in total. The highest BCUT2D eigenvalue weighted by atomic mass is 32.1. The molecule has 5 nitrogen and oxygen atoms in total. The zero-order chi connectivity index (χ0) is 12.7. The van der Waals surface area contributed by atoms with Gasteiger partial charge in [0.1, 0.15) is 0 Å². The van der Waals surface area contributed by atoms with Gasteiger partial charge in [0.25, 0.3) is 0 Å². The Labute approximate surface area is 106 Å². The Morgan fingerprint density at radius 3 is 3.00 bits per heavy atom. The summed E-state index contributed by atoms with van der Waals surface area (Å²) in [7, 11) is 0. The lowest BCUT2D eigenvalue weighted by Gasteiger charge is -2.14. The Hall–Kier alpha value is -0.980. The van der Waals surface area contributed by atoms with Crippen LogP contribution in [0, 0.1) is 0 Å². The molecule has 0 fully saturated rings. The topological polar surface area (TPSA) is 71.2 Å². The highest BCUT2D eigenvalue weighted by molar-refractivity contribution is 7.14. The van der Waals surface area contributed by atoms with Crippen molar-refractivity contribution in [2.75, 3.05) is 24.5 Å². The Bertz CT molecular complexity index is 353. The van der Waals surface area contributed by atoms with Gasteiger partial charge >= 0.3 is 0 Å². The highest BCUT2D eigenvalue weighted by Gasteiger charge is 2.12. The van der Waals surface area contributed by atoms with Crippen LogP contribution in [0.25, 0.3) is 0 Å². The average molecular weight is 256 g/mol. The Morgan fingerprint density at radius 1 is 1.65 bits per heavy atom. The fraction of sp³-hybridized carbons (Fsp3) is 0.636. The molecule has 0 atom stereocenters. The molecule has 1 amide bonds. The molecular weight excluding hydrogens is 236 g/mol. The minimum absolute atomic E-state index is 0.0319. The number of hydrogen-bond donors (Lipinski definition) is 2. The van der Waals surface area contributed by atoms with Gasteiger partial charge in [0.2, 0.25) is 5.91 Å². The summed E-state index contributed by atoms with van der Waals surface area (Å²) in [5, 5.41) is 6.02. The number of anilines is 1. The van der Waals surface area contributed by atoms with Gasteiger partial charge in [-0.15, -0.1) is 11.3 Å². The summed E-state index contributed by atoms with van der Waals surface area (Å²) in [4.78, 5) is 17.5. The van der Waals surface area contributed by atoms with Gasteiger partial charge in [-0.2, -0.15) is 0 Å². The predicted molar refractivity (Wildman–Crippen MR) is 71.2 cm³/mol. The number of rotatable bonds is 7. The van der Waals surface area contributed by atoms with Crippen molar-refractivity contribution in [1.29, 1.82) is 0 Å². The molecule has 0 saturated carbocycles. The monoisotopic (exact) mass is 256 g/mol. The quantitative estimate of drug-likeness (QED) is 0.713.